The molecule has 2 aliphatic carbocycles. The van der Waals surface area contributed by atoms with Gasteiger partial charge in [0.25, 0.3) is 0 Å². The van der Waals surface area contributed by atoms with Crippen LogP contribution < -0.4 is 10.6 Å². The van der Waals surface area contributed by atoms with Crippen molar-refractivity contribution in [2.75, 3.05) is 18.5 Å². The lowest BCUT2D eigenvalue weighted by molar-refractivity contribution is -0.144. The Hall–Kier alpha value is -1.95. The Morgan fingerprint density at radius 2 is 2.00 bits per heavy atom. The van der Waals surface area contributed by atoms with Gasteiger partial charge in [0.15, 0.2) is 5.13 Å². The van der Waals surface area contributed by atoms with Gasteiger partial charge in [-0.1, -0.05) is 40.5 Å². The van der Waals surface area contributed by atoms with Crippen molar-refractivity contribution in [2.24, 2.45) is 22.2 Å². The summed E-state index contributed by atoms with van der Waals surface area (Å²) in [4.78, 5) is 31.1. The third-order valence-electron chi connectivity index (χ3n) is 7.61. The van der Waals surface area contributed by atoms with Gasteiger partial charge in [0.05, 0.1) is 24.9 Å². The number of aromatic nitrogens is 1. The van der Waals surface area contributed by atoms with Gasteiger partial charge in [0.1, 0.15) is 0 Å². The third-order valence-corrected chi connectivity index (χ3v) is 8.62. The van der Waals surface area contributed by atoms with Crippen LogP contribution in [0.5, 0.6) is 0 Å². The van der Waals surface area contributed by atoms with Crippen LogP contribution in [-0.4, -0.2) is 46.3 Å². The molecule has 5 atom stereocenters. The summed E-state index contributed by atoms with van der Waals surface area (Å²) in [5, 5.41) is 27.4. The normalized spacial score (nSPS) is 31.2. The molecule has 1 aromatic rings. The van der Waals surface area contributed by atoms with E-state index in [-0.39, 0.29) is 54.1 Å². The minimum absolute atomic E-state index is 0.0322. The maximum absolute atomic E-state index is 12.7. The largest absolute Gasteiger partial charge is 0.396 e. The number of aliphatic hydroxyl groups is 2. The van der Waals surface area contributed by atoms with E-state index in [0.29, 0.717) is 24.4 Å². The van der Waals surface area contributed by atoms with Crippen molar-refractivity contribution in [1.82, 2.24) is 10.3 Å². The average Bonchev–Trinajstić information content (AvgIpc) is 3.11. The Morgan fingerprint density at radius 1 is 1.30 bits per heavy atom. The molecule has 0 aromatic carbocycles. The summed E-state index contributed by atoms with van der Waals surface area (Å²) < 4.78 is 0. The molecule has 2 amide bonds. The first-order chi connectivity index (χ1) is 15.3. The minimum Gasteiger partial charge on any atom is -0.396 e. The maximum atomic E-state index is 12.7. The highest BCUT2D eigenvalue weighted by Gasteiger charge is 2.59. The Kier molecular flexibility index (Phi) is 7.28. The lowest BCUT2D eigenvalue weighted by atomic mass is 9.47. The molecular weight excluding hydrogens is 438 g/mol. The summed E-state index contributed by atoms with van der Waals surface area (Å²) in [6.07, 6.45) is 7.23. The topological polar surface area (TPSA) is 112 Å². The van der Waals surface area contributed by atoms with Crippen molar-refractivity contribution in [1.29, 1.82) is 0 Å². The van der Waals surface area contributed by atoms with Crippen molar-refractivity contribution in [3.63, 3.8) is 0 Å². The van der Waals surface area contributed by atoms with Crippen LogP contribution in [0.15, 0.2) is 0 Å². The predicted molar refractivity (Wildman–Crippen MR) is 130 cm³/mol. The molecule has 2 aliphatic rings. The highest BCUT2D eigenvalue weighted by atomic mass is 32.1. The molecule has 0 radical (unpaired) electrons. The summed E-state index contributed by atoms with van der Waals surface area (Å²) >= 11 is 1.43. The zero-order valence-electron chi connectivity index (χ0n) is 20.3. The van der Waals surface area contributed by atoms with Crippen LogP contribution in [0, 0.1) is 34.5 Å². The van der Waals surface area contributed by atoms with E-state index in [2.05, 4.69) is 23.5 Å². The number of thiazole rings is 1. The molecule has 8 heteroatoms. The maximum Gasteiger partial charge on any atom is 0.226 e. The molecule has 1 aromatic heterocycles. The van der Waals surface area contributed by atoms with E-state index < -0.39 is 11.5 Å². The van der Waals surface area contributed by atoms with Crippen LogP contribution in [-0.2, 0) is 16.0 Å². The average molecular weight is 476 g/mol. The molecule has 1 fully saturated rings. The smallest absolute Gasteiger partial charge is 0.226 e. The standard InChI is InChI=1S/C25H37N3O4S/c1-7-10-26-19(31)11-15-21-16(33-22(28-21)27-20(32)13-23(2,3)4)12-17-24(15,5)9-8-18(30)25(17,6)14-29/h1,15,17-18,29-30H,8-14H2,2-6H3,(H,26,31)(H,27,28,32)/t15-,17+,18-,24+,25+/m1/s1. The SMILES string of the molecule is C#CCNC(=O)C[C@@H]1c2nc(NC(=O)CC(C)(C)C)sc2C[C@@H]2[C@](C)(CO)[C@H](O)CC[C@]21C. The second kappa shape index (κ2) is 9.36. The Labute approximate surface area is 200 Å². The second-order valence-electron chi connectivity index (χ2n) is 11.3. The van der Waals surface area contributed by atoms with Gasteiger partial charge in [-0.05, 0) is 36.0 Å². The third kappa shape index (κ3) is 5.11. The number of nitrogens with zero attached hydrogens (tertiary/aromatic N) is 1. The first-order valence-electron chi connectivity index (χ1n) is 11.6. The Bertz CT molecular complexity index is 946. The summed E-state index contributed by atoms with van der Waals surface area (Å²) in [5.41, 5.74) is -0.312. The van der Waals surface area contributed by atoms with Gasteiger partial charge in [-0.15, -0.1) is 17.8 Å². The fourth-order valence-corrected chi connectivity index (χ4v) is 6.84. The van der Waals surface area contributed by atoms with E-state index in [4.69, 9.17) is 11.4 Å². The molecule has 3 rings (SSSR count). The zero-order chi connectivity index (χ0) is 24.6. The van der Waals surface area contributed by atoms with Crippen molar-refractivity contribution < 1.29 is 19.8 Å². The van der Waals surface area contributed by atoms with Gasteiger partial charge in [0.2, 0.25) is 11.8 Å². The number of amides is 2. The molecule has 1 saturated carbocycles. The number of hydrogen-bond acceptors (Lipinski definition) is 6. The van der Waals surface area contributed by atoms with Crippen LogP contribution in [0.3, 0.4) is 0 Å². The fourth-order valence-electron chi connectivity index (χ4n) is 5.75. The quantitative estimate of drug-likeness (QED) is 0.473. The first-order valence-corrected chi connectivity index (χ1v) is 12.4. The lowest BCUT2D eigenvalue weighted by Gasteiger charge is -2.58. The number of carbonyl (C=O) groups excluding carboxylic acids is 2. The Balaban J connectivity index is 1.99. The monoisotopic (exact) mass is 475 g/mol. The van der Waals surface area contributed by atoms with Gasteiger partial charge in [-0.2, -0.15) is 0 Å². The summed E-state index contributed by atoms with van der Waals surface area (Å²) in [6.45, 7) is 10.2. The molecule has 0 bridgehead atoms. The molecule has 0 unspecified atom stereocenters. The van der Waals surface area contributed by atoms with Crippen LogP contribution >= 0.6 is 11.3 Å². The highest BCUT2D eigenvalue weighted by Crippen LogP contribution is 2.62. The molecular formula is C25H37N3O4S. The molecule has 7 nitrogen and oxygen atoms in total. The molecule has 1 heterocycles. The molecule has 4 N–H and O–H groups in total. The first kappa shape index (κ1) is 25.7. The van der Waals surface area contributed by atoms with Crippen LogP contribution in [0.1, 0.15) is 76.8 Å². The van der Waals surface area contributed by atoms with Crippen molar-refractivity contribution in [3.05, 3.63) is 10.6 Å². The number of fused-ring (bicyclic) bond motifs is 2. The van der Waals surface area contributed by atoms with E-state index in [1.54, 1.807) is 0 Å². The number of nitrogens with one attached hydrogen (secondary N) is 2. The van der Waals surface area contributed by atoms with Crippen molar-refractivity contribution >= 4 is 28.3 Å². The molecule has 182 valence electrons. The van der Waals surface area contributed by atoms with E-state index in [1.165, 1.54) is 11.3 Å². The number of terminal acetylenes is 1. The fraction of sp³-hybridized carbons (Fsp3) is 0.720. The lowest BCUT2D eigenvalue weighted by Crippen LogP contribution is -2.57. The van der Waals surface area contributed by atoms with E-state index in [0.717, 1.165) is 17.0 Å². The Morgan fingerprint density at radius 3 is 2.61 bits per heavy atom. The second-order valence-corrected chi connectivity index (χ2v) is 12.4. The van der Waals surface area contributed by atoms with Gasteiger partial charge in [-0.3, -0.25) is 9.59 Å². The zero-order valence-corrected chi connectivity index (χ0v) is 21.1. The van der Waals surface area contributed by atoms with Crippen molar-refractivity contribution in [2.45, 2.75) is 78.7 Å². The van der Waals surface area contributed by atoms with E-state index in [9.17, 15) is 19.8 Å². The number of hydrogen-bond donors (Lipinski definition) is 4. The predicted octanol–water partition coefficient (Wildman–Crippen LogP) is 3.07. The molecule has 0 aliphatic heterocycles. The van der Waals surface area contributed by atoms with E-state index in [1.807, 2.05) is 27.7 Å². The van der Waals surface area contributed by atoms with Gasteiger partial charge in [-0.25, -0.2) is 4.98 Å². The molecule has 0 saturated heterocycles. The number of carbonyl (C=O) groups is 2. The number of rotatable bonds is 6. The summed E-state index contributed by atoms with van der Waals surface area (Å²) in [6, 6.07) is 0. The van der Waals surface area contributed by atoms with E-state index >= 15 is 0 Å². The van der Waals surface area contributed by atoms with Crippen LogP contribution in [0.2, 0.25) is 0 Å². The van der Waals surface area contributed by atoms with Crippen molar-refractivity contribution in [3.8, 4) is 12.3 Å². The number of anilines is 1. The molecule has 33 heavy (non-hydrogen) atoms. The highest BCUT2D eigenvalue weighted by molar-refractivity contribution is 7.15. The number of aliphatic hydroxyl groups excluding tert-OH is 2. The van der Waals surface area contributed by atoms with Gasteiger partial charge >= 0.3 is 0 Å². The molecule has 0 spiro atoms. The minimum atomic E-state index is -0.683. The summed E-state index contributed by atoms with van der Waals surface area (Å²) in [5.74, 6) is 1.97. The summed E-state index contributed by atoms with van der Waals surface area (Å²) in [7, 11) is 0. The van der Waals surface area contributed by atoms with Crippen LogP contribution in [0.25, 0.3) is 0 Å². The van der Waals surface area contributed by atoms with Gasteiger partial charge < -0.3 is 20.8 Å². The van der Waals surface area contributed by atoms with Crippen LogP contribution in [0.4, 0.5) is 5.13 Å². The van der Waals surface area contributed by atoms with Gasteiger partial charge in [0, 0.05) is 29.1 Å².